The van der Waals surface area contributed by atoms with E-state index in [2.05, 4.69) is 30.8 Å². The summed E-state index contributed by atoms with van der Waals surface area (Å²) in [5.41, 5.74) is 1.86. The fourth-order valence-corrected chi connectivity index (χ4v) is 4.08. The number of nitrogens with zero attached hydrogens (tertiary/aromatic N) is 5. The molecule has 2 N–H and O–H groups in total. The molecule has 1 aliphatic heterocycles. The van der Waals surface area contributed by atoms with E-state index < -0.39 is 6.17 Å². The van der Waals surface area contributed by atoms with Gasteiger partial charge in [0.2, 0.25) is 0 Å². The van der Waals surface area contributed by atoms with Crippen LogP contribution in [-0.2, 0) is 13.6 Å². The van der Waals surface area contributed by atoms with Crippen LogP contribution in [0.5, 0.6) is 0 Å². The van der Waals surface area contributed by atoms with Crippen LogP contribution in [-0.4, -0.2) is 44.6 Å². The number of carbonyl (C=O) groups is 1. The first kappa shape index (κ1) is 22.8. The van der Waals surface area contributed by atoms with Crippen molar-refractivity contribution in [3.05, 3.63) is 70.5 Å². The third-order valence-corrected chi connectivity index (χ3v) is 5.97. The average Bonchev–Trinajstić information content (AvgIpc) is 3.18. The molecule has 1 aliphatic rings. The molecular formula is C23H25ClFN7O. The van der Waals surface area contributed by atoms with Crippen LogP contribution < -0.4 is 10.6 Å². The summed E-state index contributed by atoms with van der Waals surface area (Å²) in [5, 5.41) is 15.1. The predicted octanol–water partition coefficient (Wildman–Crippen LogP) is 3.86. The SMILES string of the molecule is C[C@H](NC(=O)c1cccc(NCc2nnc(C3CCN=CC3F)n2C)c1)c1ncccc1Cl. The Morgan fingerprint density at radius 1 is 1.30 bits per heavy atom. The number of halogens is 2. The Hall–Kier alpha value is -3.33. The predicted molar refractivity (Wildman–Crippen MR) is 126 cm³/mol. The van der Waals surface area contributed by atoms with Crippen LogP contribution in [0.15, 0.2) is 47.6 Å². The fourth-order valence-electron chi connectivity index (χ4n) is 3.79. The zero-order chi connectivity index (χ0) is 23.4. The van der Waals surface area contributed by atoms with Crippen LogP contribution in [0.4, 0.5) is 10.1 Å². The van der Waals surface area contributed by atoms with Gasteiger partial charge in [-0.25, -0.2) is 4.39 Å². The molecule has 3 atom stereocenters. The zero-order valence-corrected chi connectivity index (χ0v) is 19.1. The lowest BCUT2D eigenvalue weighted by Crippen LogP contribution is -2.27. The van der Waals surface area contributed by atoms with E-state index in [9.17, 15) is 9.18 Å². The van der Waals surface area contributed by atoms with Crippen molar-refractivity contribution in [2.24, 2.45) is 12.0 Å². The highest BCUT2D eigenvalue weighted by atomic mass is 35.5. The van der Waals surface area contributed by atoms with E-state index in [0.29, 0.717) is 47.4 Å². The van der Waals surface area contributed by atoms with E-state index in [4.69, 9.17) is 11.6 Å². The van der Waals surface area contributed by atoms with E-state index in [1.807, 2.05) is 24.6 Å². The molecule has 0 bridgehead atoms. The molecule has 0 saturated carbocycles. The van der Waals surface area contributed by atoms with Crippen molar-refractivity contribution in [3.63, 3.8) is 0 Å². The van der Waals surface area contributed by atoms with Crippen molar-refractivity contribution in [2.45, 2.75) is 38.0 Å². The van der Waals surface area contributed by atoms with Crippen molar-refractivity contribution in [2.75, 3.05) is 11.9 Å². The van der Waals surface area contributed by atoms with E-state index in [0.717, 1.165) is 5.69 Å². The third-order valence-electron chi connectivity index (χ3n) is 5.65. The summed E-state index contributed by atoms with van der Waals surface area (Å²) in [6.45, 7) is 2.80. The summed E-state index contributed by atoms with van der Waals surface area (Å²) < 4.78 is 16.0. The highest BCUT2D eigenvalue weighted by Crippen LogP contribution is 2.26. The summed E-state index contributed by atoms with van der Waals surface area (Å²) in [6, 6.07) is 10.3. The van der Waals surface area contributed by atoms with Gasteiger partial charge < -0.3 is 15.2 Å². The second kappa shape index (κ2) is 10.1. The fraction of sp³-hybridized carbons (Fsp3) is 0.348. The van der Waals surface area contributed by atoms with E-state index in [1.165, 1.54) is 6.21 Å². The van der Waals surface area contributed by atoms with E-state index in [-0.39, 0.29) is 17.9 Å². The smallest absolute Gasteiger partial charge is 0.251 e. The van der Waals surface area contributed by atoms with Gasteiger partial charge in [-0.05, 0) is 43.7 Å². The first-order valence-corrected chi connectivity index (χ1v) is 11.1. The summed E-state index contributed by atoms with van der Waals surface area (Å²) in [4.78, 5) is 21.0. The molecule has 0 aliphatic carbocycles. The number of alkyl halides is 1. The van der Waals surface area contributed by atoms with Crippen LogP contribution >= 0.6 is 11.6 Å². The van der Waals surface area contributed by atoms with Crippen LogP contribution in [0, 0.1) is 0 Å². The number of pyridine rings is 1. The average molecular weight is 470 g/mol. The maximum atomic E-state index is 14.2. The first-order chi connectivity index (χ1) is 15.9. The molecule has 4 rings (SSSR count). The molecule has 0 spiro atoms. The molecule has 0 saturated heterocycles. The number of amides is 1. The molecule has 10 heteroatoms. The van der Waals surface area contributed by atoms with Gasteiger partial charge in [-0.3, -0.25) is 14.8 Å². The molecule has 33 heavy (non-hydrogen) atoms. The van der Waals surface area contributed by atoms with Gasteiger partial charge in [-0.1, -0.05) is 17.7 Å². The molecule has 2 aromatic heterocycles. The van der Waals surface area contributed by atoms with Crippen LogP contribution in [0.25, 0.3) is 0 Å². The Balaban J connectivity index is 1.40. The normalized spacial score (nSPS) is 18.7. The molecule has 2 unspecified atom stereocenters. The lowest BCUT2D eigenvalue weighted by Gasteiger charge is -2.20. The molecule has 1 amide bonds. The van der Waals surface area contributed by atoms with Gasteiger partial charge in [0.15, 0.2) is 5.82 Å². The minimum Gasteiger partial charge on any atom is -0.378 e. The van der Waals surface area contributed by atoms with Gasteiger partial charge in [0.1, 0.15) is 12.0 Å². The van der Waals surface area contributed by atoms with Crippen LogP contribution in [0.3, 0.4) is 0 Å². The second-order valence-corrected chi connectivity index (χ2v) is 8.34. The number of aliphatic imine (C=N–C) groups is 1. The lowest BCUT2D eigenvalue weighted by molar-refractivity contribution is 0.0939. The van der Waals surface area contributed by atoms with Crippen molar-refractivity contribution >= 4 is 29.4 Å². The van der Waals surface area contributed by atoms with Crippen LogP contribution in [0.1, 0.15) is 53.0 Å². The molecular weight excluding hydrogens is 445 g/mol. The Labute approximate surface area is 196 Å². The number of anilines is 1. The molecule has 0 fully saturated rings. The van der Waals surface area contributed by atoms with Gasteiger partial charge in [0.25, 0.3) is 5.91 Å². The highest BCUT2D eigenvalue weighted by molar-refractivity contribution is 6.31. The lowest BCUT2D eigenvalue weighted by atomic mass is 9.97. The number of aromatic nitrogens is 4. The largest absolute Gasteiger partial charge is 0.378 e. The van der Waals surface area contributed by atoms with Gasteiger partial charge in [0.05, 0.1) is 29.2 Å². The molecule has 172 valence electrons. The number of rotatable bonds is 7. The minimum absolute atomic E-state index is 0.234. The van der Waals surface area contributed by atoms with E-state index >= 15 is 0 Å². The van der Waals surface area contributed by atoms with Crippen molar-refractivity contribution in [1.29, 1.82) is 0 Å². The maximum Gasteiger partial charge on any atom is 0.251 e. The van der Waals surface area contributed by atoms with Crippen molar-refractivity contribution in [1.82, 2.24) is 25.1 Å². The first-order valence-electron chi connectivity index (χ1n) is 10.7. The van der Waals surface area contributed by atoms with Crippen molar-refractivity contribution in [3.8, 4) is 0 Å². The Kier molecular flexibility index (Phi) is 6.98. The van der Waals surface area contributed by atoms with Gasteiger partial charge in [-0.2, -0.15) is 0 Å². The highest BCUT2D eigenvalue weighted by Gasteiger charge is 2.28. The Morgan fingerprint density at radius 3 is 2.94 bits per heavy atom. The topological polar surface area (TPSA) is 97.1 Å². The molecule has 1 aromatic carbocycles. The number of hydrogen-bond donors (Lipinski definition) is 2. The monoisotopic (exact) mass is 469 g/mol. The molecule has 3 heterocycles. The molecule has 0 radical (unpaired) electrons. The molecule has 8 nitrogen and oxygen atoms in total. The number of carbonyl (C=O) groups excluding carboxylic acids is 1. The van der Waals surface area contributed by atoms with Crippen LogP contribution in [0.2, 0.25) is 5.02 Å². The van der Waals surface area contributed by atoms with E-state index in [1.54, 1.807) is 36.5 Å². The second-order valence-electron chi connectivity index (χ2n) is 7.93. The third kappa shape index (κ3) is 5.19. The van der Waals surface area contributed by atoms with Crippen molar-refractivity contribution < 1.29 is 9.18 Å². The summed E-state index contributed by atoms with van der Waals surface area (Å²) in [6.07, 6.45) is 2.44. The summed E-state index contributed by atoms with van der Waals surface area (Å²) in [5.74, 6) is 0.714. The summed E-state index contributed by atoms with van der Waals surface area (Å²) in [7, 11) is 1.83. The number of hydrogen-bond acceptors (Lipinski definition) is 6. The summed E-state index contributed by atoms with van der Waals surface area (Å²) >= 11 is 6.18. The van der Waals surface area contributed by atoms with Gasteiger partial charge in [-0.15, -0.1) is 10.2 Å². The Bertz CT molecular complexity index is 1170. The standard InChI is InChI=1S/C23H25ClFN7O/c1-14(21-18(24)7-4-9-27-21)29-23(33)15-5-3-6-16(11-15)28-13-20-30-31-22(32(20)2)17-8-10-26-12-19(17)25/h3-7,9,11-12,14,17,19,28H,8,10,13H2,1-2H3,(H,29,33)/t14-,17?,19?/m0/s1. The zero-order valence-electron chi connectivity index (χ0n) is 18.4. The van der Waals surface area contributed by atoms with Gasteiger partial charge in [0, 0.05) is 37.3 Å². The minimum atomic E-state index is -1.15. The quantitative estimate of drug-likeness (QED) is 0.547. The number of benzene rings is 1. The number of nitrogens with one attached hydrogen (secondary N) is 2. The Morgan fingerprint density at radius 2 is 2.15 bits per heavy atom. The van der Waals surface area contributed by atoms with Gasteiger partial charge >= 0.3 is 0 Å². The molecule has 3 aromatic rings. The maximum absolute atomic E-state index is 14.2.